The molecule has 0 aliphatic heterocycles. The Hall–Kier alpha value is -3.08. The predicted octanol–water partition coefficient (Wildman–Crippen LogP) is 2.47. The second-order valence-corrected chi connectivity index (χ2v) is 4.68. The molecule has 1 amide bonds. The average Bonchev–Trinajstić information content (AvgIpc) is 2.61. The van der Waals surface area contributed by atoms with Crippen molar-refractivity contribution in [3.8, 4) is 11.3 Å². The topological polar surface area (TPSA) is 67.8 Å². The number of nitrogens with zero attached hydrogens (tertiary/aromatic N) is 3. The van der Waals surface area contributed by atoms with Crippen molar-refractivity contribution in [1.29, 1.82) is 0 Å². The molecule has 3 rings (SSSR count). The largest absolute Gasteiger partial charge is 0.348 e. The lowest BCUT2D eigenvalue weighted by Gasteiger charge is -2.09. The van der Waals surface area contributed by atoms with Crippen LogP contribution < -0.4 is 5.32 Å². The second-order valence-electron chi connectivity index (χ2n) is 4.68. The Morgan fingerprint density at radius 1 is 0.955 bits per heavy atom. The first-order valence-corrected chi connectivity index (χ1v) is 6.87. The molecule has 5 heteroatoms. The fourth-order valence-electron chi connectivity index (χ4n) is 2.12. The molecule has 0 unspecified atom stereocenters. The van der Waals surface area contributed by atoms with Crippen LogP contribution in [-0.2, 0) is 6.54 Å². The summed E-state index contributed by atoms with van der Waals surface area (Å²) < 4.78 is 0. The SMILES string of the molecule is O=C(NCc1cccnc1-c1cccnc1)c1cccnc1. The molecule has 0 atom stereocenters. The third-order valence-electron chi connectivity index (χ3n) is 3.19. The fraction of sp³-hybridized carbons (Fsp3) is 0.0588. The highest BCUT2D eigenvalue weighted by atomic mass is 16.1. The maximum absolute atomic E-state index is 12.1. The minimum Gasteiger partial charge on any atom is -0.348 e. The molecule has 3 aromatic rings. The van der Waals surface area contributed by atoms with Crippen molar-refractivity contribution < 1.29 is 4.79 Å². The van der Waals surface area contributed by atoms with E-state index in [0.29, 0.717) is 12.1 Å². The van der Waals surface area contributed by atoms with E-state index in [2.05, 4.69) is 20.3 Å². The van der Waals surface area contributed by atoms with Gasteiger partial charge in [-0.3, -0.25) is 19.7 Å². The van der Waals surface area contributed by atoms with E-state index in [9.17, 15) is 4.79 Å². The molecule has 0 aromatic carbocycles. The molecule has 0 aliphatic rings. The summed E-state index contributed by atoms with van der Waals surface area (Å²) in [7, 11) is 0. The molecule has 3 aromatic heterocycles. The average molecular weight is 290 g/mol. The molecule has 0 saturated heterocycles. The maximum Gasteiger partial charge on any atom is 0.253 e. The van der Waals surface area contributed by atoms with Gasteiger partial charge in [0.25, 0.3) is 5.91 Å². The number of carbonyl (C=O) groups excluding carboxylic acids is 1. The summed E-state index contributed by atoms with van der Waals surface area (Å²) in [6.45, 7) is 0.395. The van der Waals surface area contributed by atoms with Gasteiger partial charge in [-0.25, -0.2) is 0 Å². The number of hydrogen-bond donors (Lipinski definition) is 1. The summed E-state index contributed by atoms with van der Waals surface area (Å²) in [5, 5.41) is 2.89. The lowest BCUT2D eigenvalue weighted by molar-refractivity contribution is 0.0950. The van der Waals surface area contributed by atoms with Gasteiger partial charge in [0.2, 0.25) is 0 Å². The predicted molar refractivity (Wildman–Crippen MR) is 82.9 cm³/mol. The number of rotatable bonds is 4. The van der Waals surface area contributed by atoms with Gasteiger partial charge in [0.05, 0.1) is 11.3 Å². The van der Waals surface area contributed by atoms with Gasteiger partial charge in [-0.2, -0.15) is 0 Å². The number of aromatic nitrogens is 3. The Labute approximate surface area is 128 Å². The number of hydrogen-bond acceptors (Lipinski definition) is 4. The van der Waals surface area contributed by atoms with E-state index in [4.69, 9.17) is 0 Å². The molecule has 1 N–H and O–H groups in total. The summed E-state index contributed by atoms with van der Waals surface area (Å²) >= 11 is 0. The molecule has 0 fully saturated rings. The molecule has 108 valence electrons. The van der Waals surface area contributed by atoms with Gasteiger partial charge >= 0.3 is 0 Å². The third kappa shape index (κ3) is 3.15. The van der Waals surface area contributed by atoms with Crippen LogP contribution in [-0.4, -0.2) is 20.9 Å². The van der Waals surface area contributed by atoms with Gasteiger partial charge in [0.1, 0.15) is 0 Å². The highest BCUT2D eigenvalue weighted by Gasteiger charge is 2.09. The van der Waals surface area contributed by atoms with Crippen molar-refractivity contribution in [2.45, 2.75) is 6.54 Å². The monoisotopic (exact) mass is 290 g/mol. The highest BCUT2D eigenvalue weighted by molar-refractivity contribution is 5.93. The van der Waals surface area contributed by atoms with Gasteiger partial charge in [0.15, 0.2) is 0 Å². The minimum atomic E-state index is -0.158. The molecule has 5 nitrogen and oxygen atoms in total. The summed E-state index contributed by atoms with van der Waals surface area (Å²) in [5.41, 5.74) is 3.22. The van der Waals surface area contributed by atoms with E-state index in [1.807, 2.05) is 24.3 Å². The normalized spacial score (nSPS) is 10.2. The lowest BCUT2D eigenvalue weighted by Crippen LogP contribution is -2.23. The third-order valence-corrected chi connectivity index (χ3v) is 3.19. The zero-order valence-corrected chi connectivity index (χ0v) is 11.8. The summed E-state index contributed by atoms with van der Waals surface area (Å²) in [6, 6.07) is 11.1. The number of amides is 1. The summed E-state index contributed by atoms with van der Waals surface area (Å²) in [4.78, 5) is 24.5. The first-order valence-electron chi connectivity index (χ1n) is 6.87. The molecule has 22 heavy (non-hydrogen) atoms. The van der Waals surface area contributed by atoms with E-state index in [0.717, 1.165) is 16.8 Å². The lowest BCUT2D eigenvalue weighted by atomic mass is 10.1. The van der Waals surface area contributed by atoms with Crippen LogP contribution >= 0.6 is 0 Å². The Morgan fingerprint density at radius 3 is 2.45 bits per heavy atom. The van der Waals surface area contributed by atoms with E-state index in [1.54, 1.807) is 43.1 Å². The number of pyridine rings is 3. The van der Waals surface area contributed by atoms with Crippen LogP contribution in [0.3, 0.4) is 0 Å². The zero-order valence-electron chi connectivity index (χ0n) is 11.8. The molecule has 3 heterocycles. The van der Waals surface area contributed by atoms with Gasteiger partial charge in [-0.15, -0.1) is 0 Å². The minimum absolute atomic E-state index is 0.158. The van der Waals surface area contributed by atoms with E-state index < -0.39 is 0 Å². The zero-order chi connectivity index (χ0) is 15.2. The van der Waals surface area contributed by atoms with E-state index >= 15 is 0 Å². The first kappa shape index (κ1) is 13.9. The van der Waals surface area contributed by atoms with Crippen molar-refractivity contribution in [1.82, 2.24) is 20.3 Å². The van der Waals surface area contributed by atoms with Gasteiger partial charge < -0.3 is 5.32 Å². The van der Waals surface area contributed by atoms with Crippen molar-refractivity contribution in [2.75, 3.05) is 0 Å². The second kappa shape index (κ2) is 6.58. The van der Waals surface area contributed by atoms with Crippen LogP contribution in [0.1, 0.15) is 15.9 Å². The number of nitrogens with one attached hydrogen (secondary N) is 1. The van der Waals surface area contributed by atoms with Crippen LogP contribution in [0.25, 0.3) is 11.3 Å². The molecule has 0 saturated carbocycles. The van der Waals surface area contributed by atoms with Crippen LogP contribution in [0, 0.1) is 0 Å². The van der Waals surface area contributed by atoms with Crippen molar-refractivity contribution in [3.05, 3.63) is 78.5 Å². The van der Waals surface area contributed by atoms with Crippen LogP contribution in [0.2, 0.25) is 0 Å². The molecule has 0 radical (unpaired) electrons. The van der Waals surface area contributed by atoms with Crippen LogP contribution in [0.15, 0.2) is 67.4 Å². The Kier molecular flexibility index (Phi) is 4.15. The first-order chi connectivity index (χ1) is 10.8. The Morgan fingerprint density at radius 2 is 1.73 bits per heavy atom. The Balaban J connectivity index is 1.78. The summed E-state index contributed by atoms with van der Waals surface area (Å²) in [6.07, 6.45) is 8.39. The van der Waals surface area contributed by atoms with Crippen molar-refractivity contribution >= 4 is 5.91 Å². The van der Waals surface area contributed by atoms with Gasteiger partial charge in [0, 0.05) is 43.1 Å². The van der Waals surface area contributed by atoms with Gasteiger partial charge in [-0.1, -0.05) is 6.07 Å². The van der Waals surface area contributed by atoms with Gasteiger partial charge in [-0.05, 0) is 35.9 Å². The summed E-state index contributed by atoms with van der Waals surface area (Å²) in [5.74, 6) is -0.158. The molecular weight excluding hydrogens is 276 g/mol. The Bertz CT molecular complexity index is 760. The maximum atomic E-state index is 12.1. The highest BCUT2D eigenvalue weighted by Crippen LogP contribution is 2.19. The van der Waals surface area contributed by atoms with Crippen LogP contribution in [0.4, 0.5) is 0 Å². The standard InChI is InChI=1S/C17H14N4O/c22-17(15-6-2-8-19-11-15)21-12-14-5-3-9-20-16(14)13-4-1-7-18-10-13/h1-11H,12H2,(H,21,22). The molecule has 0 spiro atoms. The van der Waals surface area contributed by atoms with Crippen molar-refractivity contribution in [2.24, 2.45) is 0 Å². The molecule has 0 bridgehead atoms. The van der Waals surface area contributed by atoms with Crippen molar-refractivity contribution in [3.63, 3.8) is 0 Å². The van der Waals surface area contributed by atoms with E-state index in [1.165, 1.54) is 0 Å². The number of carbonyl (C=O) groups is 1. The quantitative estimate of drug-likeness (QED) is 0.801. The molecule has 0 aliphatic carbocycles. The van der Waals surface area contributed by atoms with Crippen LogP contribution in [0.5, 0.6) is 0 Å². The fourth-order valence-corrected chi connectivity index (χ4v) is 2.12. The molecular formula is C17H14N4O. The van der Waals surface area contributed by atoms with E-state index in [-0.39, 0.29) is 5.91 Å². The smallest absolute Gasteiger partial charge is 0.253 e.